The van der Waals surface area contributed by atoms with Crippen LogP contribution in [0.25, 0.3) is 0 Å². The minimum atomic E-state index is 0.0462. The van der Waals surface area contributed by atoms with Crippen molar-refractivity contribution in [3.8, 4) is 0 Å². The molecule has 0 saturated heterocycles. The number of hydrogen-bond acceptors (Lipinski definition) is 6. The van der Waals surface area contributed by atoms with Crippen LogP contribution in [0.3, 0.4) is 0 Å². The summed E-state index contributed by atoms with van der Waals surface area (Å²) in [5, 5.41) is 11.9. The van der Waals surface area contributed by atoms with Crippen molar-refractivity contribution in [1.29, 1.82) is 0 Å². The van der Waals surface area contributed by atoms with E-state index in [1.807, 2.05) is 7.05 Å². The topological polar surface area (TPSA) is 69.2 Å². The Labute approximate surface area is 164 Å². The van der Waals surface area contributed by atoms with Crippen molar-refractivity contribution in [3.63, 3.8) is 0 Å². The molecule has 0 saturated carbocycles. The molecule has 6 nitrogen and oxygen atoms in total. The fraction of sp³-hybridized carbons (Fsp3) is 0.714. The third-order valence-electron chi connectivity index (χ3n) is 4.44. The Kier molecular flexibility index (Phi) is 15.2. The van der Waals surface area contributed by atoms with Gasteiger partial charge in [-0.25, -0.2) is 0 Å². The molecular weight excluding hydrogens is 346 g/mol. The summed E-state index contributed by atoms with van der Waals surface area (Å²) >= 11 is 0. The lowest BCUT2D eigenvalue weighted by atomic mass is 9.88. The number of likely N-dealkylation sites (N-methyl/N-ethyl adjacent to an activating group) is 1. The first-order valence-corrected chi connectivity index (χ1v) is 9.93. The average molecular weight is 384 g/mol. The zero-order valence-corrected chi connectivity index (χ0v) is 16.9. The molecule has 0 aliphatic rings. The standard InChI is InChI=1S/C21H37NO5/c1-19(22-2)21(20-7-4-3-5-8-20)9-6-11-24-13-15-26-17-18-27-16-14-25-12-10-23/h3-5,7-8,19,21-23H,6,9-18H2,1-2H3/t19-,21-/m0/s1. The highest BCUT2D eigenvalue weighted by Gasteiger charge is 2.17. The normalized spacial score (nSPS) is 13.6. The molecule has 0 aliphatic heterocycles. The van der Waals surface area contributed by atoms with Crippen molar-refractivity contribution >= 4 is 0 Å². The van der Waals surface area contributed by atoms with Gasteiger partial charge in [-0.3, -0.25) is 0 Å². The van der Waals surface area contributed by atoms with Crippen molar-refractivity contribution in [2.45, 2.75) is 31.7 Å². The van der Waals surface area contributed by atoms with E-state index in [9.17, 15) is 0 Å². The molecule has 0 aliphatic carbocycles. The van der Waals surface area contributed by atoms with Crippen molar-refractivity contribution in [3.05, 3.63) is 35.9 Å². The maximum atomic E-state index is 8.56. The molecule has 0 bridgehead atoms. The van der Waals surface area contributed by atoms with Crippen LogP contribution in [0.4, 0.5) is 0 Å². The largest absolute Gasteiger partial charge is 0.394 e. The van der Waals surface area contributed by atoms with E-state index in [0.29, 0.717) is 58.2 Å². The van der Waals surface area contributed by atoms with Crippen LogP contribution in [-0.4, -0.2) is 77.7 Å². The van der Waals surface area contributed by atoms with Gasteiger partial charge >= 0.3 is 0 Å². The summed E-state index contributed by atoms with van der Waals surface area (Å²) in [5.41, 5.74) is 1.38. The van der Waals surface area contributed by atoms with Gasteiger partial charge in [-0.15, -0.1) is 0 Å². The van der Waals surface area contributed by atoms with Gasteiger partial charge in [0, 0.05) is 12.6 Å². The SMILES string of the molecule is CN[C@@H](C)[C@H](CCCOCCOCCOCCOCCO)c1ccccc1. The monoisotopic (exact) mass is 383 g/mol. The number of aliphatic hydroxyl groups is 1. The lowest BCUT2D eigenvalue weighted by Crippen LogP contribution is -2.29. The fourth-order valence-electron chi connectivity index (χ4n) is 2.84. The van der Waals surface area contributed by atoms with Crippen LogP contribution in [0.15, 0.2) is 30.3 Å². The summed E-state index contributed by atoms with van der Waals surface area (Å²) in [4.78, 5) is 0. The van der Waals surface area contributed by atoms with Gasteiger partial charge < -0.3 is 29.4 Å². The molecule has 0 amide bonds. The number of ether oxygens (including phenoxy) is 4. The smallest absolute Gasteiger partial charge is 0.0701 e. The lowest BCUT2D eigenvalue weighted by Gasteiger charge is -2.24. The molecule has 0 fully saturated rings. The Bertz CT molecular complexity index is 432. The predicted octanol–water partition coefficient (Wildman–Crippen LogP) is 2.22. The zero-order chi connectivity index (χ0) is 19.6. The molecule has 2 atom stereocenters. The number of nitrogens with one attached hydrogen (secondary N) is 1. The predicted molar refractivity (Wildman–Crippen MR) is 107 cm³/mol. The lowest BCUT2D eigenvalue weighted by molar-refractivity contribution is -0.00586. The Hall–Kier alpha value is -1.02. The zero-order valence-electron chi connectivity index (χ0n) is 16.9. The number of hydrogen-bond donors (Lipinski definition) is 2. The average Bonchev–Trinajstić information content (AvgIpc) is 2.71. The second kappa shape index (κ2) is 17.1. The number of aliphatic hydroxyl groups excluding tert-OH is 1. The van der Waals surface area contributed by atoms with Gasteiger partial charge in [-0.2, -0.15) is 0 Å². The molecule has 1 rings (SSSR count). The summed E-state index contributed by atoms with van der Waals surface area (Å²) < 4.78 is 21.6. The van der Waals surface area contributed by atoms with Gasteiger partial charge in [0.05, 0.1) is 52.9 Å². The van der Waals surface area contributed by atoms with Crippen molar-refractivity contribution in [2.75, 3.05) is 66.5 Å². The highest BCUT2D eigenvalue weighted by molar-refractivity contribution is 5.21. The van der Waals surface area contributed by atoms with Crippen LogP contribution in [0.2, 0.25) is 0 Å². The molecule has 2 N–H and O–H groups in total. The number of benzene rings is 1. The Morgan fingerprint density at radius 2 is 1.33 bits per heavy atom. The first-order chi connectivity index (χ1) is 13.3. The van der Waals surface area contributed by atoms with E-state index in [4.69, 9.17) is 24.1 Å². The Morgan fingerprint density at radius 1 is 0.815 bits per heavy atom. The molecule has 27 heavy (non-hydrogen) atoms. The van der Waals surface area contributed by atoms with Gasteiger partial charge in [0.2, 0.25) is 0 Å². The van der Waals surface area contributed by atoms with Gasteiger partial charge in [0.1, 0.15) is 0 Å². The van der Waals surface area contributed by atoms with Crippen LogP contribution in [0.1, 0.15) is 31.2 Å². The van der Waals surface area contributed by atoms with Crippen molar-refractivity contribution < 1.29 is 24.1 Å². The van der Waals surface area contributed by atoms with Gasteiger partial charge in [0.15, 0.2) is 0 Å². The van der Waals surface area contributed by atoms with E-state index in [1.54, 1.807) is 0 Å². The molecule has 0 heterocycles. The summed E-state index contributed by atoms with van der Waals surface area (Å²) in [6.07, 6.45) is 2.13. The third kappa shape index (κ3) is 12.1. The highest BCUT2D eigenvalue weighted by atomic mass is 16.6. The second-order valence-electron chi connectivity index (χ2n) is 6.41. The molecular formula is C21H37NO5. The van der Waals surface area contributed by atoms with Crippen LogP contribution < -0.4 is 5.32 Å². The molecule has 0 unspecified atom stereocenters. The molecule has 0 aromatic heterocycles. The van der Waals surface area contributed by atoms with Gasteiger partial charge in [-0.1, -0.05) is 30.3 Å². The molecule has 1 aromatic rings. The van der Waals surface area contributed by atoms with E-state index in [2.05, 4.69) is 42.6 Å². The van der Waals surface area contributed by atoms with E-state index >= 15 is 0 Å². The number of rotatable bonds is 18. The molecule has 0 spiro atoms. The molecule has 6 heteroatoms. The Balaban J connectivity index is 1.98. The fourth-order valence-corrected chi connectivity index (χ4v) is 2.84. The Morgan fingerprint density at radius 3 is 1.85 bits per heavy atom. The quantitative estimate of drug-likeness (QED) is 0.379. The van der Waals surface area contributed by atoms with Crippen molar-refractivity contribution in [2.24, 2.45) is 0 Å². The van der Waals surface area contributed by atoms with Crippen molar-refractivity contribution in [1.82, 2.24) is 5.32 Å². The maximum Gasteiger partial charge on any atom is 0.0701 e. The maximum absolute atomic E-state index is 8.56. The second-order valence-corrected chi connectivity index (χ2v) is 6.41. The van der Waals surface area contributed by atoms with E-state index in [1.165, 1.54) is 5.56 Å². The summed E-state index contributed by atoms with van der Waals surface area (Å²) in [7, 11) is 2.01. The first-order valence-electron chi connectivity index (χ1n) is 9.93. The molecule has 1 aromatic carbocycles. The van der Waals surface area contributed by atoms with Crippen LogP contribution >= 0.6 is 0 Å². The molecule has 0 radical (unpaired) electrons. The summed E-state index contributed by atoms with van der Waals surface area (Å²) in [6.45, 7) is 6.70. The van der Waals surface area contributed by atoms with Gasteiger partial charge in [0.25, 0.3) is 0 Å². The minimum absolute atomic E-state index is 0.0462. The highest BCUT2D eigenvalue weighted by Crippen LogP contribution is 2.24. The summed E-state index contributed by atoms with van der Waals surface area (Å²) in [5.74, 6) is 0.495. The van der Waals surface area contributed by atoms with Gasteiger partial charge in [-0.05, 0) is 38.3 Å². The van der Waals surface area contributed by atoms with E-state index < -0.39 is 0 Å². The van der Waals surface area contributed by atoms with Crippen LogP contribution in [0, 0.1) is 0 Å². The third-order valence-corrected chi connectivity index (χ3v) is 4.44. The first kappa shape index (κ1) is 24.0. The van der Waals surface area contributed by atoms with E-state index in [-0.39, 0.29) is 6.61 Å². The summed E-state index contributed by atoms with van der Waals surface area (Å²) in [6, 6.07) is 11.1. The van der Waals surface area contributed by atoms with Crippen LogP contribution in [-0.2, 0) is 18.9 Å². The van der Waals surface area contributed by atoms with E-state index in [0.717, 1.165) is 19.4 Å². The minimum Gasteiger partial charge on any atom is -0.394 e. The van der Waals surface area contributed by atoms with Crippen LogP contribution in [0.5, 0.6) is 0 Å². The molecule has 156 valence electrons.